The minimum absolute atomic E-state index is 0.140. The Morgan fingerprint density at radius 3 is 2.35 bits per heavy atom. The Balaban J connectivity index is 2.68. The highest BCUT2D eigenvalue weighted by molar-refractivity contribution is 6.33. The fraction of sp³-hybridized carbons (Fsp3) is 0.0769. The number of nitrogens with two attached hydrogens (primary N) is 1. The minimum atomic E-state index is -0.968. The zero-order chi connectivity index (χ0) is 12.6. The van der Waals surface area contributed by atoms with Gasteiger partial charge in [0.25, 0.3) is 0 Å². The van der Waals surface area contributed by atoms with Crippen LogP contribution in [0.4, 0.5) is 14.5 Å². The molecule has 0 fully saturated rings. The predicted octanol–water partition coefficient (Wildman–Crippen LogP) is 4.18. The highest BCUT2D eigenvalue weighted by atomic mass is 35.5. The van der Waals surface area contributed by atoms with Gasteiger partial charge in [-0.2, -0.15) is 0 Å². The van der Waals surface area contributed by atoms with Crippen LogP contribution in [0.5, 0.6) is 0 Å². The summed E-state index contributed by atoms with van der Waals surface area (Å²) in [5.41, 5.74) is 8.25. The Labute approximate surface area is 103 Å². The number of benzene rings is 2. The van der Waals surface area contributed by atoms with E-state index < -0.39 is 11.6 Å². The number of rotatable bonds is 1. The van der Waals surface area contributed by atoms with Gasteiger partial charge in [-0.3, -0.25) is 0 Å². The second kappa shape index (κ2) is 4.34. The molecule has 0 aromatic heterocycles. The number of hydrogen-bond acceptors (Lipinski definition) is 1. The van der Waals surface area contributed by atoms with Gasteiger partial charge in [0.15, 0.2) is 11.6 Å². The van der Waals surface area contributed by atoms with E-state index in [0.717, 1.165) is 17.7 Å². The maximum Gasteiger partial charge on any atom is 0.160 e. The SMILES string of the molecule is Cc1ccc(N)c(-c2cc(F)c(F)cc2Cl)c1. The van der Waals surface area contributed by atoms with Gasteiger partial charge in [0.05, 0.1) is 5.02 Å². The molecule has 4 heteroatoms. The quantitative estimate of drug-likeness (QED) is 0.599. The third-order valence-corrected chi connectivity index (χ3v) is 2.82. The molecule has 1 nitrogen and oxygen atoms in total. The van der Waals surface area contributed by atoms with Crippen LogP contribution in [-0.4, -0.2) is 0 Å². The molecule has 88 valence electrons. The van der Waals surface area contributed by atoms with Crippen molar-refractivity contribution in [1.82, 2.24) is 0 Å². The molecule has 0 saturated heterocycles. The molecular formula is C13H10ClF2N. The predicted molar refractivity (Wildman–Crippen MR) is 66.0 cm³/mol. The van der Waals surface area contributed by atoms with Crippen molar-refractivity contribution in [2.24, 2.45) is 0 Å². The normalized spacial score (nSPS) is 10.6. The van der Waals surface area contributed by atoms with Crippen LogP contribution in [0, 0.1) is 18.6 Å². The summed E-state index contributed by atoms with van der Waals surface area (Å²) in [6, 6.07) is 7.35. The molecule has 2 aromatic rings. The molecular weight excluding hydrogens is 244 g/mol. The van der Waals surface area contributed by atoms with Crippen LogP contribution >= 0.6 is 11.6 Å². The Hall–Kier alpha value is -1.61. The van der Waals surface area contributed by atoms with Gasteiger partial charge < -0.3 is 5.73 Å². The molecule has 0 amide bonds. The van der Waals surface area contributed by atoms with Crippen LogP contribution in [0.1, 0.15) is 5.56 Å². The van der Waals surface area contributed by atoms with E-state index >= 15 is 0 Å². The highest BCUT2D eigenvalue weighted by Gasteiger charge is 2.12. The van der Waals surface area contributed by atoms with Gasteiger partial charge in [0.2, 0.25) is 0 Å². The van der Waals surface area contributed by atoms with Gasteiger partial charge in [-0.05, 0) is 31.2 Å². The molecule has 2 N–H and O–H groups in total. The molecule has 0 aliphatic carbocycles. The third-order valence-electron chi connectivity index (χ3n) is 2.51. The summed E-state index contributed by atoms with van der Waals surface area (Å²) < 4.78 is 26.2. The summed E-state index contributed by atoms with van der Waals surface area (Å²) in [6.45, 7) is 1.89. The number of aryl methyl sites for hydroxylation is 1. The maximum atomic E-state index is 13.2. The fourth-order valence-electron chi connectivity index (χ4n) is 1.63. The lowest BCUT2D eigenvalue weighted by atomic mass is 10.0. The lowest BCUT2D eigenvalue weighted by molar-refractivity contribution is 0.509. The van der Waals surface area contributed by atoms with E-state index in [9.17, 15) is 8.78 Å². The molecule has 2 rings (SSSR count). The van der Waals surface area contributed by atoms with E-state index in [2.05, 4.69) is 0 Å². The summed E-state index contributed by atoms with van der Waals surface area (Å²) >= 11 is 5.90. The van der Waals surface area contributed by atoms with Crippen molar-refractivity contribution >= 4 is 17.3 Å². The second-order valence-electron chi connectivity index (χ2n) is 3.84. The van der Waals surface area contributed by atoms with Gasteiger partial charge >= 0.3 is 0 Å². The molecule has 0 aliphatic rings. The van der Waals surface area contributed by atoms with E-state index in [1.807, 2.05) is 13.0 Å². The molecule has 0 bridgehead atoms. The van der Waals surface area contributed by atoms with E-state index in [-0.39, 0.29) is 5.02 Å². The van der Waals surface area contributed by atoms with E-state index in [0.29, 0.717) is 16.8 Å². The minimum Gasteiger partial charge on any atom is -0.398 e. The molecule has 0 saturated carbocycles. The van der Waals surface area contributed by atoms with E-state index in [1.54, 1.807) is 12.1 Å². The molecule has 0 atom stereocenters. The average molecular weight is 254 g/mol. The Kier molecular flexibility index (Phi) is 3.03. The van der Waals surface area contributed by atoms with E-state index in [4.69, 9.17) is 17.3 Å². The molecule has 0 spiro atoms. The first-order chi connectivity index (χ1) is 7.99. The standard InChI is InChI=1S/C13H10ClF2N/c1-7-2-3-13(17)9(4-7)8-5-11(15)12(16)6-10(8)14/h2-6H,17H2,1H3. The van der Waals surface area contributed by atoms with Crippen molar-refractivity contribution in [1.29, 1.82) is 0 Å². The molecule has 0 radical (unpaired) electrons. The highest BCUT2D eigenvalue weighted by Crippen LogP contribution is 2.34. The molecule has 2 aromatic carbocycles. The number of nitrogen functional groups attached to an aromatic ring is 1. The van der Waals surface area contributed by atoms with Crippen LogP contribution in [0.2, 0.25) is 5.02 Å². The van der Waals surface area contributed by atoms with Gasteiger partial charge in [-0.25, -0.2) is 8.78 Å². The average Bonchev–Trinajstić information content (AvgIpc) is 2.27. The van der Waals surface area contributed by atoms with Crippen molar-refractivity contribution in [2.45, 2.75) is 6.92 Å². The van der Waals surface area contributed by atoms with Crippen molar-refractivity contribution in [3.8, 4) is 11.1 Å². The lowest BCUT2D eigenvalue weighted by Crippen LogP contribution is -1.93. The zero-order valence-electron chi connectivity index (χ0n) is 9.10. The summed E-state index contributed by atoms with van der Waals surface area (Å²) in [6.07, 6.45) is 0. The smallest absolute Gasteiger partial charge is 0.160 e. The topological polar surface area (TPSA) is 26.0 Å². The van der Waals surface area contributed by atoms with E-state index in [1.165, 1.54) is 0 Å². The first kappa shape index (κ1) is 11.9. The Morgan fingerprint density at radius 1 is 1.00 bits per heavy atom. The fourth-order valence-corrected chi connectivity index (χ4v) is 1.88. The zero-order valence-corrected chi connectivity index (χ0v) is 9.85. The van der Waals surface area contributed by atoms with Gasteiger partial charge in [-0.15, -0.1) is 0 Å². The Bertz CT molecular complexity index is 582. The first-order valence-corrected chi connectivity index (χ1v) is 5.38. The second-order valence-corrected chi connectivity index (χ2v) is 4.24. The third kappa shape index (κ3) is 2.24. The van der Waals surface area contributed by atoms with Crippen LogP contribution in [0.15, 0.2) is 30.3 Å². The summed E-state index contributed by atoms with van der Waals surface area (Å²) in [7, 11) is 0. The van der Waals surface area contributed by atoms with Crippen molar-refractivity contribution in [3.05, 3.63) is 52.6 Å². The molecule has 0 heterocycles. The van der Waals surface area contributed by atoms with Crippen molar-refractivity contribution < 1.29 is 8.78 Å². The first-order valence-electron chi connectivity index (χ1n) is 5.00. The van der Waals surface area contributed by atoms with Crippen LogP contribution in [0.3, 0.4) is 0 Å². The number of hydrogen-bond donors (Lipinski definition) is 1. The maximum absolute atomic E-state index is 13.2. The number of halogens is 3. The Morgan fingerprint density at radius 2 is 1.65 bits per heavy atom. The number of anilines is 1. The molecule has 17 heavy (non-hydrogen) atoms. The van der Waals surface area contributed by atoms with Gasteiger partial charge in [-0.1, -0.05) is 23.2 Å². The van der Waals surface area contributed by atoms with Crippen molar-refractivity contribution in [2.75, 3.05) is 5.73 Å². The van der Waals surface area contributed by atoms with Crippen LogP contribution in [-0.2, 0) is 0 Å². The summed E-state index contributed by atoms with van der Waals surface area (Å²) in [5.74, 6) is -1.91. The monoisotopic (exact) mass is 253 g/mol. The molecule has 0 unspecified atom stereocenters. The van der Waals surface area contributed by atoms with Crippen LogP contribution in [0.25, 0.3) is 11.1 Å². The van der Waals surface area contributed by atoms with Gasteiger partial charge in [0, 0.05) is 16.8 Å². The largest absolute Gasteiger partial charge is 0.398 e. The lowest BCUT2D eigenvalue weighted by Gasteiger charge is -2.09. The van der Waals surface area contributed by atoms with Gasteiger partial charge in [0.1, 0.15) is 0 Å². The van der Waals surface area contributed by atoms with Crippen LogP contribution < -0.4 is 5.73 Å². The molecule has 0 aliphatic heterocycles. The summed E-state index contributed by atoms with van der Waals surface area (Å²) in [5, 5.41) is 0.140. The van der Waals surface area contributed by atoms with Crippen molar-refractivity contribution in [3.63, 3.8) is 0 Å². The summed E-state index contributed by atoms with van der Waals surface area (Å²) in [4.78, 5) is 0.